The smallest absolute Gasteiger partial charge is 0.255 e. The van der Waals surface area contributed by atoms with Crippen molar-refractivity contribution in [3.8, 4) is 0 Å². The second kappa shape index (κ2) is 7.87. The summed E-state index contributed by atoms with van der Waals surface area (Å²) in [6.45, 7) is 2.12. The number of rotatable bonds is 6. The molecule has 0 spiro atoms. The van der Waals surface area contributed by atoms with Crippen molar-refractivity contribution in [2.45, 2.75) is 32.4 Å². The average Bonchev–Trinajstić information content (AvgIpc) is 2.74. The molecule has 0 saturated carbocycles. The lowest BCUT2D eigenvalue weighted by atomic mass is 10.0. The van der Waals surface area contributed by atoms with Gasteiger partial charge < -0.3 is 15.0 Å². The molecule has 4 aromatic rings. The lowest BCUT2D eigenvalue weighted by Gasteiger charge is -2.32. The SMILES string of the molecule is CCCCC(O)N(c1cccc2ccccc12)c1c[nH]c(=O)c2ccccc12. The summed E-state index contributed by atoms with van der Waals surface area (Å²) >= 11 is 0. The first-order chi connectivity index (χ1) is 13.7. The van der Waals surface area contributed by atoms with Gasteiger partial charge in [-0.15, -0.1) is 0 Å². The van der Waals surface area contributed by atoms with E-state index in [1.54, 1.807) is 6.20 Å². The van der Waals surface area contributed by atoms with Gasteiger partial charge in [-0.1, -0.05) is 67.9 Å². The lowest BCUT2D eigenvalue weighted by molar-refractivity contribution is 0.168. The molecule has 4 heteroatoms. The van der Waals surface area contributed by atoms with Gasteiger partial charge in [0.25, 0.3) is 5.56 Å². The summed E-state index contributed by atoms with van der Waals surface area (Å²) in [4.78, 5) is 17.1. The molecule has 1 atom stereocenters. The molecule has 0 radical (unpaired) electrons. The van der Waals surface area contributed by atoms with Crippen LogP contribution in [0.15, 0.2) is 77.7 Å². The normalized spacial score (nSPS) is 12.4. The van der Waals surface area contributed by atoms with Crippen molar-refractivity contribution in [2.24, 2.45) is 0 Å². The highest BCUT2D eigenvalue weighted by molar-refractivity contribution is 6.01. The number of nitrogens with one attached hydrogen (secondary N) is 1. The summed E-state index contributed by atoms with van der Waals surface area (Å²) in [6, 6.07) is 21.8. The Morgan fingerprint density at radius 3 is 2.36 bits per heavy atom. The van der Waals surface area contributed by atoms with Gasteiger partial charge in [-0.05, 0) is 30.4 Å². The third-order valence-electron chi connectivity index (χ3n) is 5.19. The Labute approximate surface area is 164 Å². The number of nitrogens with zero attached hydrogens (tertiary/aromatic N) is 1. The number of aliphatic hydroxyl groups is 1. The van der Waals surface area contributed by atoms with Crippen LogP contribution in [0.4, 0.5) is 11.4 Å². The maximum Gasteiger partial charge on any atom is 0.255 e. The molecule has 0 saturated heterocycles. The van der Waals surface area contributed by atoms with Gasteiger partial charge in [0.15, 0.2) is 0 Å². The van der Waals surface area contributed by atoms with E-state index in [1.165, 1.54) is 0 Å². The molecule has 0 aliphatic rings. The molecule has 0 aliphatic carbocycles. The molecule has 28 heavy (non-hydrogen) atoms. The van der Waals surface area contributed by atoms with Gasteiger partial charge in [0.1, 0.15) is 6.23 Å². The summed E-state index contributed by atoms with van der Waals surface area (Å²) in [5.74, 6) is 0. The van der Waals surface area contributed by atoms with Crippen LogP contribution in [0.1, 0.15) is 26.2 Å². The first-order valence-corrected chi connectivity index (χ1v) is 9.76. The van der Waals surface area contributed by atoms with Gasteiger partial charge in [0.05, 0.1) is 11.4 Å². The number of anilines is 2. The van der Waals surface area contributed by atoms with Gasteiger partial charge in [0.2, 0.25) is 0 Å². The zero-order valence-electron chi connectivity index (χ0n) is 15.9. The number of hydrogen-bond acceptors (Lipinski definition) is 3. The zero-order valence-corrected chi connectivity index (χ0v) is 15.9. The molecule has 0 fully saturated rings. The van der Waals surface area contributed by atoms with E-state index in [9.17, 15) is 9.90 Å². The van der Waals surface area contributed by atoms with Gasteiger partial charge in [0, 0.05) is 22.4 Å². The van der Waals surface area contributed by atoms with Crippen LogP contribution in [-0.4, -0.2) is 16.3 Å². The molecule has 0 aliphatic heterocycles. The summed E-state index contributed by atoms with van der Waals surface area (Å²) in [5.41, 5.74) is 1.61. The number of hydrogen-bond donors (Lipinski definition) is 2. The quantitative estimate of drug-likeness (QED) is 0.450. The minimum atomic E-state index is -0.694. The second-order valence-electron chi connectivity index (χ2n) is 7.04. The number of pyridine rings is 1. The van der Waals surface area contributed by atoms with Gasteiger partial charge in [-0.25, -0.2) is 0 Å². The highest BCUT2D eigenvalue weighted by Crippen LogP contribution is 2.37. The highest BCUT2D eigenvalue weighted by atomic mass is 16.3. The van der Waals surface area contributed by atoms with E-state index < -0.39 is 6.23 Å². The van der Waals surface area contributed by atoms with E-state index in [2.05, 4.69) is 30.1 Å². The Hall–Kier alpha value is -3.11. The lowest BCUT2D eigenvalue weighted by Crippen LogP contribution is -2.31. The maximum absolute atomic E-state index is 12.3. The molecule has 4 rings (SSSR count). The molecular formula is C24H24N2O2. The van der Waals surface area contributed by atoms with Crippen molar-refractivity contribution in [2.75, 3.05) is 4.90 Å². The Morgan fingerprint density at radius 1 is 0.893 bits per heavy atom. The van der Waals surface area contributed by atoms with Gasteiger partial charge >= 0.3 is 0 Å². The summed E-state index contributed by atoms with van der Waals surface area (Å²) in [6.07, 6.45) is 3.59. The van der Waals surface area contributed by atoms with E-state index in [0.717, 1.165) is 40.4 Å². The molecule has 142 valence electrons. The highest BCUT2D eigenvalue weighted by Gasteiger charge is 2.22. The predicted octanol–water partition coefficient (Wildman–Crippen LogP) is 5.33. The summed E-state index contributed by atoms with van der Waals surface area (Å²) in [7, 11) is 0. The minimum Gasteiger partial charge on any atom is -0.373 e. The van der Waals surface area contributed by atoms with Crippen LogP contribution < -0.4 is 10.5 Å². The monoisotopic (exact) mass is 372 g/mol. The Morgan fingerprint density at radius 2 is 1.57 bits per heavy atom. The third kappa shape index (κ3) is 3.27. The van der Waals surface area contributed by atoms with Crippen molar-refractivity contribution >= 4 is 32.9 Å². The van der Waals surface area contributed by atoms with Crippen molar-refractivity contribution in [1.82, 2.24) is 4.98 Å². The molecule has 0 bridgehead atoms. The van der Waals surface area contributed by atoms with Crippen molar-refractivity contribution < 1.29 is 5.11 Å². The fourth-order valence-corrected chi connectivity index (χ4v) is 3.78. The van der Waals surface area contributed by atoms with E-state index in [1.807, 2.05) is 53.4 Å². The van der Waals surface area contributed by atoms with Crippen molar-refractivity contribution in [3.63, 3.8) is 0 Å². The Bertz CT molecular complexity index is 1160. The molecular weight excluding hydrogens is 348 g/mol. The second-order valence-corrected chi connectivity index (χ2v) is 7.04. The van der Waals surface area contributed by atoms with Gasteiger partial charge in [-0.2, -0.15) is 0 Å². The fraction of sp³-hybridized carbons (Fsp3) is 0.208. The molecule has 2 N–H and O–H groups in total. The number of aromatic amines is 1. The topological polar surface area (TPSA) is 56.3 Å². The van der Waals surface area contributed by atoms with Crippen LogP contribution in [0.25, 0.3) is 21.5 Å². The maximum atomic E-state index is 12.3. The largest absolute Gasteiger partial charge is 0.373 e. The molecule has 3 aromatic carbocycles. The number of fused-ring (bicyclic) bond motifs is 2. The number of aromatic nitrogens is 1. The number of H-pyrrole nitrogens is 1. The standard InChI is InChI=1S/C24H24N2O2/c1-2-3-15-23(27)26(21-14-8-10-17-9-4-5-11-18(17)21)22-16-25-24(28)20-13-7-6-12-19(20)22/h4-14,16,23,27H,2-3,15H2,1H3,(H,25,28). The Balaban J connectivity index is 1.97. The fourth-order valence-electron chi connectivity index (χ4n) is 3.78. The first kappa shape index (κ1) is 18.3. The van der Waals surface area contributed by atoms with Crippen LogP contribution in [0, 0.1) is 0 Å². The third-order valence-corrected chi connectivity index (χ3v) is 5.19. The van der Waals surface area contributed by atoms with Gasteiger partial charge in [-0.3, -0.25) is 4.79 Å². The Kier molecular flexibility index (Phi) is 5.13. The van der Waals surface area contributed by atoms with Crippen LogP contribution in [0.3, 0.4) is 0 Å². The molecule has 1 unspecified atom stereocenters. The first-order valence-electron chi connectivity index (χ1n) is 9.76. The predicted molar refractivity (Wildman–Crippen MR) is 116 cm³/mol. The summed E-state index contributed by atoms with van der Waals surface area (Å²) < 4.78 is 0. The van der Waals surface area contributed by atoms with Crippen molar-refractivity contribution in [1.29, 1.82) is 0 Å². The van der Waals surface area contributed by atoms with E-state index in [4.69, 9.17) is 0 Å². The molecule has 4 nitrogen and oxygen atoms in total. The molecule has 0 amide bonds. The van der Waals surface area contributed by atoms with E-state index >= 15 is 0 Å². The zero-order chi connectivity index (χ0) is 19.5. The van der Waals surface area contributed by atoms with Crippen LogP contribution in [-0.2, 0) is 0 Å². The van der Waals surface area contributed by atoms with E-state index in [-0.39, 0.29) is 5.56 Å². The summed E-state index contributed by atoms with van der Waals surface area (Å²) in [5, 5.41) is 14.8. The minimum absolute atomic E-state index is 0.125. The number of aliphatic hydroxyl groups excluding tert-OH is 1. The van der Waals surface area contributed by atoms with Crippen LogP contribution in [0.5, 0.6) is 0 Å². The molecule has 1 heterocycles. The molecule has 1 aromatic heterocycles. The average molecular weight is 372 g/mol. The number of benzene rings is 3. The van der Waals surface area contributed by atoms with Crippen molar-refractivity contribution in [3.05, 3.63) is 83.3 Å². The van der Waals surface area contributed by atoms with Crippen LogP contribution >= 0.6 is 0 Å². The van der Waals surface area contributed by atoms with Crippen LogP contribution in [0.2, 0.25) is 0 Å². The van der Waals surface area contributed by atoms with E-state index in [0.29, 0.717) is 11.8 Å². The number of unbranched alkanes of at least 4 members (excludes halogenated alkanes) is 1.